The van der Waals surface area contributed by atoms with Crippen molar-refractivity contribution in [2.75, 3.05) is 14.2 Å². The topological polar surface area (TPSA) is 47.6 Å². The summed E-state index contributed by atoms with van der Waals surface area (Å²) in [5.74, 6) is 1.62. The summed E-state index contributed by atoms with van der Waals surface area (Å²) in [5.41, 5.74) is 1.78. The quantitative estimate of drug-likeness (QED) is 0.928. The van der Waals surface area contributed by atoms with Gasteiger partial charge in [0.2, 0.25) is 0 Å². The highest BCUT2D eigenvalue weighted by Crippen LogP contribution is 2.37. The maximum Gasteiger partial charge on any atom is 0.180 e. The summed E-state index contributed by atoms with van der Waals surface area (Å²) < 4.78 is 10.8. The largest absolute Gasteiger partial charge is 0.493 e. The third kappa shape index (κ3) is 2.84. The molecule has 1 aromatic carbocycles. The molecule has 22 heavy (non-hydrogen) atoms. The molecule has 0 saturated heterocycles. The Hall–Kier alpha value is -1.55. The van der Waals surface area contributed by atoms with Gasteiger partial charge in [-0.05, 0) is 37.8 Å². The third-order valence-electron chi connectivity index (χ3n) is 4.96. The fourth-order valence-electron chi connectivity index (χ4n) is 3.79. The maximum absolute atomic E-state index is 12.8. The second kappa shape index (κ2) is 6.69. The van der Waals surface area contributed by atoms with Crippen LogP contribution in [0.4, 0.5) is 0 Å². The zero-order valence-electron chi connectivity index (χ0n) is 13.5. The summed E-state index contributed by atoms with van der Waals surface area (Å²) in [6, 6.07) is 4.17. The van der Waals surface area contributed by atoms with Gasteiger partial charge in [0.05, 0.1) is 20.3 Å². The van der Waals surface area contributed by atoms with E-state index in [1.54, 1.807) is 14.2 Å². The second-order valence-electron chi connectivity index (χ2n) is 6.28. The van der Waals surface area contributed by atoms with Gasteiger partial charge in [-0.25, -0.2) is 0 Å². The molecule has 4 heteroatoms. The Balaban J connectivity index is 1.80. The van der Waals surface area contributed by atoms with Crippen molar-refractivity contribution >= 4 is 5.78 Å². The Bertz CT molecular complexity index is 550. The highest BCUT2D eigenvalue weighted by Gasteiger charge is 2.32. The van der Waals surface area contributed by atoms with E-state index in [9.17, 15) is 4.79 Å². The molecule has 1 N–H and O–H groups in total. The van der Waals surface area contributed by atoms with E-state index < -0.39 is 0 Å². The van der Waals surface area contributed by atoms with E-state index in [4.69, 9.17) is 9.47 Å². The minimum absolute atomic E-state index is 0.0475. The van der Waals surface area contributed by atoms with Crippen LogP contribution in [0.1, 0.15) is 54.4 Å². The van der Waals surface area contributed by atoms with Crippen molar-refractivity contribution in [1.29, 1.82) is 0 Å². The molecular weight excluding hydrogens is 278 g/mol. The monoisotopic (exact) mass is 303 g/mol. The van der Waals surface area contributed by atoms with E-state index in [2.05, 4.69) is 5.32 Å². The summed E-state index contributed by atoms with van der Waals surface area (Å²) >= 11 is 0. The number of nitrogens with one attached hydrogen (secondary N) is 1. The molecule has 0 bridgehead atoms. The SMILES string of the molecule is COc1ccc2c(c1OC)CCC(NC1CCCCC1)C2=O. The number of ketones is 1. The van der Waals surface area contributed by atoms with E-state index in [1.807, 2.05) is 12.1 Å². The van der Waals surface area contributed by atoms with Gasteiger partial charge in [0.15, 0.2) is 17.3 Å². The van der Waals surface area contributed by atoms with Gasteiger partial charge in [-0.3, -0.25) is 4.79 Å². The van der Waals surface area contributed by atoms with Gasteiger partial charge in [0.1, 0.15) is 0 Å². The molecule has 120 valence electrons. The zero-order valence-corrected chi connectivity index (χ0v) is 13.5. The van der Waals surface area contributed by atoms with Crippen LogP contribution < -0.4 is 14.8 Å². The lowest BCUT2D eigenvalue weighted by Crippen LogP contribution is -2.46. The van der Waals surface area contributed by atoms with Gasteiger partial charge in [0.25, 0.3) is 0 Å². The molecule has 0 aromatic heterocycles. The van der Waals surface area contributed by atoms with E-state index >= 15 is 0 Å². The maximum atomic E-state index is 12.8. The summed E-state index contributed by atoms with van der Waals surface area (Å²) in [4.78, 5) is 12.8. The zero-order chi connectivity index (χ0) is 15.5. The number of hydrogen-bond acceptors (Lipinski definition) is 4. The molecule has 0 spiro atoms. The molecule has 0 heterocycles. The van der Waals surface area contributed by atoms with Gasteiger partial charge in [-0.1, -0.05) is 19.3 Å². The summed E-state index contributed by atoms with van der Waals surface area (Å²) in [5, 5.41) is 3.59. The first-order valence-electron chi connectivity index (χ1n) is 8.28. The van der Waals surface area contributed by atoms with Crippen molar-refractivity contribution in [3.8, 4) is 11.5 Å². The van der Waals surface area contributed by atoms with Gasteiger partial charge in [-0.15, -0.1) is 0 Å². The van der Waals surface area contributed by atoms with Crippen LogP contribution in [0.5, 0.6) is 11.5 Å². The van der Waals surface area contributed by atoms with E-state index in [-0.39, 0.29) is 11.8 Å². The molecule has 3 rings (SSSR count). The predicted octanol–water partition coefficient (Wildman–Crippen LogP) is 3.12. The van der Waals surface area contributed by atoms with Crippen molar-refractivity contribution < 1.29 is 14.3 Å². The normalized spacial score (nSPS) is 22.3. The lowest BCUT2D eigenvalue weighted by Gasteiger charge is -2.31. The van der Waals surface area contributed by atoms with Crippen molar-refractivity contribution in [3.05, 3.63) is 23.3 Å². The van der Waals surface area contributed by atoms with E-state index in [0.29, 0.717) is 17.5 Å². The summed E-state index contributed by atoms with van der Waals surface area (Å²) in [6.45, 7) is 0. The van der Waals surface area contributed by atoms with Crippen LogP contribution in [0.3, 0.4) is 0 Å². The molecule has 0 aliphatic heterocycles. The number of carbonyl (C=O) groups excluding carboxylic acids is 1. The molecule has 2 aliphatic carbocycles. The van der Waals surface area contributed by atoms with Crippen LogP contribution in [0.25, 0.3) is 0 Å². The van der Waals surface area contributed by atoms with Crippen LogP contribution in [0.15, 0.2) is 12.1 Å². The minimum atomic E-state index is -0.0475. The Morgan fingerprint density at radius 3 is 2.50 bits per heavy atom. The standard InChI is InChI=1S/C18H25NO3/c1-21-16-11-9-13-14(18(16)22-2)8-10-15(17(13)20)19-12-6-4-3-5-7-12/h9,11-12,15,19H,3-8,10H2,1-2H3. The first-order chi connectivity index (χ1) is 10.7. The minimum Gasteiger partial charge on any atom is -0.493 e. The first-order valence-corrected chi connectivity index (χ1v) is 8.28. The van der Waals surface area contributed by atoms with Crippen LogP contribution in [-0.2, 0) is 6.42 Å². The average Bonchev–Trinajstić information content (AvgIpc) is 2.57. The van der Waals surface area contributed by atoms with Gasteiger partial charge in [-0.2, -0.15) is 0 Å². The smallest absolute Gasteiger partial charge is 0.180 e. The van der Waals surface area contributed by atoms with Crippen molar-refractivity contribution in [2.24, 2.45) is 0 Å². The molecule has 1 unspecified atom stereocenters. The fourth-order valence-corrected chi connectivity index (χ4v) is 3.79. The van der Waals surface area contributed by atoms with Crippen molar-refractivity contribution in [2.45, 2.75) is 57.0 Å². The van der Waals surface area contributed by atoms with Crippen LogP contribution in [0, 0.1) is 0 Å². The molecule has 2 aliphatic rings. The van der Waals surface area contributed by atoms with E-state index in [1.165, 1.54) is 32.1 Å². The number of rotatable bonds is 4. The molecule has 1 aromatic rings. The van der Waals surface area contributed by atoms with Gasteiger partial charge < -0.3 is 14.8 Å². The Morgan fingerprint density at radius 2 is 1.82 bits per heavy atom. The fraction of sp³-hybridized carbons (Fsp3) is 0.611. The highest BCUT2D eigenvalue weighted by atomic mass is 16.5. The number of ether oxygens (including phenoxy) is 2. The Labute approximate surface area is 132 Å². The van der Waals surface area contributed by atoms with Crippen molar-refractivity contribution in [1.82, 2.24) is 5.32 Å². The Kier molecular flexibility index (Phi) is 4.67. The van der Waals surface area contributed by atoms with Gasteiger partial charge >= 0.3 is 0 Å². The molecular formula is C18H25NO3. The molecule has 1 saturated carbocycles. The van der Waals surface area contributed by atoms with Crippen LogP contribution in [-0.4, -0.2) is 32.1 Å². The molecule has 1 fully saturated rings. The van der Waals surface area contributed by atoms with Crippen LogP contribution in [0.2, 0.25) is 0 Å². The second-order valence-corrected chi connectivity index (χ2v) is 6.28. The van der Waals surface area contributed by atoms with Gasteiger partial charge in [0, 0.05) is 17.2 Å². The number of benzene rings is 1. The number of hydrogen-bond donors (Lipinski definition) is 1. The lowest BCUT2D eigenvalue weighted by molar-refractivity contribution is 0.0914. The number of carbonyl (C=O) groups is 1. The Morgan fingerprint density at radius 1 is 1.05 bits per heavy atom. The lowest BCUT2D eigenvalue weighted by atomic mass is 9.85. The number of Topliss-reactive ketones (excluding diaryl/α,β-unsaturated/α-hetero) is 1. The predicted molar refractivity (Wildman–Crippen MR) is 86.0 cm³/mol. The third-order valence-corrected chi connectivity index (χ3v) is 4.96. The molecule has 4 nitrogen and oxygen atoms in total. The number of methoxy groups -OCH3 is 2. The van der Waals surface area contributed by atoms with Crippen LogP contribution >= 0.6 is 0 Å². The van der Waals surface area contributed by atoms with E-state index in [0.717, 1.165) is 24.0 Å². The first kappa shape index (κ1) is 15.3. The summed E-state index contributed by atoms with van der Waals surface area (Å²) in [7, 11) is 3.26. The summed E-state index contributed by atoms with van der Waals surface area (Å²) in [6.07, 6.45) is 7.97. The molecule has 0 amide bonds. The molecule has 1 atom stereocenters. The highest BCUT2D eigenvalue weighted by molar-refractivity contribution is 6.03. The average molecular weight is 303 g/mol. The van der Waals surface area contributed by atoms with Crippen molar-refractivity contribution in [3.63, 3.8) is 0 Å². The molecule has 0 radical (unpaired) electrons. The number of fused-ring (bicyclic) bond motifs is 1.